The maximum Gasteiger partial charge on any atom is 0.305 e. The molecule has 0 amide bonds. The van der Waals surface area contributed by atoms with Crippen LogP contribution in [-0.2, 0) is 9.53 Å². The topological polar surface area (TPSA) is 65.0 Å². The number of benzene rings is 1. The summed E-state index contributed by atoms with van der Waals surface area (Å²) in [7, 11) is 0. The Labute approximate surface area is 132 Å². The maximum atomic E-state index is 11.5. The largest absolute Gasteiger partial charge is 0.486 e. The lowest BCUT2D eigenvalue weighted by atomic mass is 10.0. The van der Waals surface area contributed by atoms with E-state index in [1.165, 1.54) is 0 Å². The number of rotatable bonds is 6. The number of aliphatic hydroxyl groups is 1. The fraction of sp³-hybridized carbons (Fsp3) is 0.533. The zero-order chi connectivity index (χ0) is 15.2. The van der Waals surface area contributed by atoms with Gasteiger partial charge in [-0.05, 0) is 46.5 Å². The normalized spacial score (nSPS) is 14.6. The molecule has 1 aromatic rings. The molecule has 0 spiro atoms. The number of hydrogen-bond acceptors (Lipinski definition) is 5. The van der Waals surface area contributed by atoms with Crippen molar-refractivity contribution in [2.24, 2.45) is 0 Å². The summed E-state index contributed by atoms with van der Waals surface area (Å²) in [5, 5.41) is 10.2. The highest BCUT2D eigenvalue weighted by molar-refractivity contribution is 9.10. The van der Waals surface area contributed by atoms with Crippen LogP contribution in [0, 0.1) is 0 Å². The number of fused-ring (bicyclic) bond motifs is 1. The molecule has 1 aliphatic heterocycles. The Bertz CT molecular complexity index is 503. The summed E-state index contributed by atoms with van der Waals surface area (Å²) in [4.78, 5) is 11.5. The molecular weight excluding hydrogens is 340 g/mol. The van der Waals surface area contributed by atoms with Crippen molar-refractivity contribution < 1.29 is 24.1 Å². The molecule has 1 aromatic carbocycles. The SMILES string of the molecule is CCCOC(=O)CCC(O)c1cc(Br)c2c(c1)OCCO2. The van der Waals surface area contributed by atoms with Crippen LogP contribution in [0.1, 0.15) is 37.9 Å². The summed E-state index contributed by atoms with van der Waals surface area (Å²) < 4.78 is 16.7. The van der Waals surface area contributed by atoms with Gasteiger partial charge in [-0.15, -0.1) is 0 Å². The lowest BCUT2D eigenvalue weighted by Crippen LogP contribution is -2.16. The molecule has 21 heavy (non-hydrogen) atoms. The van der Waals surface area contributed by atoms with Crippen LogP contribution in [0.3, 0.4) is 0 Å². The van der Waals surface area contributed by atoms with Crippen molar-refractivity contribution >= 4 is 21.9 Å². The van der Waals surface area contributed by atoms with E-state index in [-0.39, 0.29) is 12.4 Å². The highest BCUT2D eigenvalue weighted by atomic mass is 79.9. The quantitative estimate of drug-likeness (QED) is 0.791. The first-order chi connectivity index (χ1) is 10.1. The average molecular weight is 359 g/mol. The van der Waals surface area contributed by atoms with Gasteiger partial charge in [0.2, 0.25) is 0 Å². The van der Waals surface area contributed by atoms with Gasteiger partial charge in [-0.1, -0.05) is 6.92 Å². The predicted molar refractivity (Wildman–Crippen MR) is 80.6 cm³/mol. The first-order valence-corrected chi connectivity index (χ1v) is 7.83. The van der Waals surface area contributed by atoms with Gasteiger partial charge in [0.05, 0.1) is 17.2 Å². The highest BCUT2D eigenvalue weighted by Crippen LogP contribution is 2.40. The van der Waals surface area contributed by atoms with Gasteiger partial charge < -0.3 is 19.3 Å². The van der Waals surface area contributed by atoms with Gasteiger partial charge >= 0.3 is 5.97 Å². The average Bonchev–Trinajstić information content (AvgIpc) is 2.50. The van der Waals surface area contributed by atoms with E-state index in [0.29, 0.717) is 43.3 Å². The van der Waals surface area contributed by atoms with Crippen molar-refractivity contribution in [2.45, 2.75) is 32.3 Å². The summed E-state index contributed by atoms with van der Waals surface area (Å²) in [5.41, 5.74) is 0.689. The second-order valence-electron chi connectivity index (χ2n) is 4.80. The van der Waals surface area contributed by atoms with Crippen LogP contribution in [0.5, 0.6) is 11.5 Å². The first-order valence-electron chi connectivity index (χ1n) is 7.04. The monoisotopic (exact) mass is 358 g/mol. The first kappa shape index (κ1) is 16.1. The van der Waals surface area contributed by atoms with Crippen LogP contribution in [-0.4, -0.2) is 30.9 Å². The minimum absolute atomic E-state index is 0.188. The molecule has 2 rings (SSSR count). The molecule has 0 aromatic heterocycles. The molecule has 1 N–H and O–H groups in total. The second kappa shape index (κ2) is 7.66. The Morgan fingerprint density at radius 3 is 2.95 bits per heavy atom. The number of ether oxygens (including phenoxy) is 3. The minimum atomic E-state index is -0.744. The molecule has 5 nitrogen and oxygen atoms in total. The van der Waals surface area contributed by atoms with Gasteiger partial charge in [-0.3, -0.25) is 4.79 Å². The molecule has 1 heterocycles. The van der Waals surface area contributed by atoms with Crippen molar-refractivity contribution in [3.8, 4) is 11.5 Å². The lowest BCUT2D eigenvalue weighted by Gasteiger charge is -2.21. The summed E-state index contributed by atoms with van der Waals surface area (Å²) in [6.07, 6.45) is 0.553. The lowest BCUT2D eigenvalue weighted by molar-refractivity contribution is -0.144. The molecule has 0 aliphatic carbocycles. The van der Waals surface area contributed by atoms with Gasteiger partial charge in [0, 0.05) is 6.42 Å². The van der Waals surface area contributed by atoms with Crippen LogP contribution in [0.2, 0.25) is 0 Å². The Kier molecular flexibility index (Phi) is 5.87. The molecule has 116 valence electrons. The van der Waals surface area contributed by atoms with E-state index in [9.17, 15) is 9.90 Å². The van der Waals surface area contributed by atoms with E-state index in [0.717, 1.165) is 10.9 Å². The van der Waals surface area contributed by atoms with Gasteiger partial charge in [0.15, 0.2) is 11.5 Å². The number of aliphatic hydroxyl groups excluding tert-OH is 1. The summed E-state index contributed by atoms with van der Waals surface area (Å²) in [6, 6.07) is 3.54. The Morgan fingerprint density at radius 2 is 2.19 bits per heavy atom. The van der Waals surface area contributed by atoms with E-state index >= 15 is 0 Å². The molecule has 1 atom stereocenters. The van der Waals surface area contributed by atoms with Crippen molar-refractivity contribution in [1.29, 1.82) is 0 Å². The zero-order valence-electron chi connectivity index (χ0n) is 11.9. The van der Waals surface area contributed by atoms with Crippen LogP contribution in [0.25, 0.3) is 0 Å². The Balaban J connectivity index is 1.97. The van der Waals surface area contributed by atoms with Crippen molar-refractivity contribution in [3.63, 3.8) is 0 Å². The second-order valence-corrected chi connectivity index (χ2v) is 5.66. The molecule has 0 radical (unpaired) electrons. The molecule has 0 saturated carbocycles. The van der Waals surface area contributed by atoms with E-state index in [2.05, 4.69) is 15.9 Å². The molecular formula is C15H19BrO5. The molecule has 1 aliphatic rings. The summed E-state index contributed by atoms with van der Waals surface area (Å²) in [6.45, 7) is 3.36. The standard InChI is InChI=1S/C15H19BrO5/c1-2-5-20-14(18)4-3-12(17)10-8-11(16)15-13(9-10)19-6-7-21-15/h8-9,12,17H,2-7H2,1H3. The van der Waals surface area contributed by atoms with Crippen molar-refractivity contribution in [2.75, 3.05) is 19.8 Å². The molecule has 1 unspecified atom stereocenters. The summed E-state index contributed by atoms with van der Waals surface area (Å²) >= 11 is 3.41. The molecule has 0 bridgehead atoms. The maximum absolute atomic E-state index is 11.5. The van der Waals surface area contributed by atoms with Crippen molar-refractivity contribution in [3.05, 3.63) is 22.2 Å². The van der Waals surface area contributed by atoms with Gasteiger partial charge in [-0.2, -0.15) is 0 Å². The van der Waals surface area contributed by atoms with E-state index in [1.54, 1.807) is 12.1 Å². The van der Waals surface area contributed by atoms with Crippen LogP contribution >= 0.6 is 15.9 Å². The molecule has 0 saturated heterocycles. The van der Waals surface area contributed by atoms with Crippen LogP contribution in [0.4, 0.5) is 0 Å². The smallest absolute Gasteiger partial charge is 0.305 e. The molecule has 0 fully saturated rings. The van der Waals surface area contributed by atoms with E-state index in [4.69, 9.17) is 14.2 Å². The zero-order valence-corrected chi connectivity index (χ0v) is 13.5. The minimum Gasteiger partial charge on any atom is -0.486 e. The number of carbonyl (C=O) groups is 1. The van der Waals surface area contributed by atoms with Crippen LogP contribution in [0.15, 0.2) is 16.6 Å². The molecule has 6 heteroatoms. The number of hydrogen-bond donors (Lipinski definition) is 1. The van der Waals surface area contributed by atoms with E-state index in [1.807, 2.05) is 6.92 Å². The summed E-state index contributed by atoms with van der Waals surface area (Å²) in [5.74, 6) is 0.977. The predicted octanol–water partition coefficient (Wildman–Crippen LogP) is 2.99. The highest BCUT2D eigenvalue weighted by Gasteiger charge is 2.19. The van der Waals surface area contributed by atoms with Crippen molar-refractivity contribution in [1.82, 2.24) is 0 Å². The third-order valence-corrected chi connectivity index (χ3v) is 3.68. The fourth-order valence-electron chi connectivity index (χ4n) is 2.03. The van der Waals surface area contributed by atoms with Gasteiger partial charge in [0.25, 0.3) is 0 Å². The number of halogens is 1. The van der Waals surface area contributed by atoms with Gasteiger partial charge in [-0.25, -0.2) is 0 Å². The van der Waals surface area contributed by atoms with Crippen LogP contribution < -0.4 is 9.47 Å². The number of carbonyl (C=O) groups excluding carboxylic acids is 1. The fourth-order valence-corrected chi connectivity index (χ4v) is 2.61. The Morgan fingerprint density at radius 1 is 1.43 bits per heavy atom. The van der Waals surface area contributed by atoms with Gasteiger partial charge in [0.1, 0.15) is 13.2 Å². The third kappa shape index (κ3) is 4.35. The number of esters is 1. The van der Waals surface area contributed by atoms with E-state index < -0.39 is 6.10 Å². The Hall–Kier alpha value is -1.27. The third-order valence-electron chi connectivity index (χ3n) is 3.09.